The molecule has 6 heteroatoms. The number of aromatic nitrogens is 3. The highest BCUT2D eigenvalue weighted by Crippen LogP contribution is 2.31. The van der Waals surface area contributed by atoms with E-state index in [2.05, 4.69) is 27.7 Å². The van der Waals surface area contributed by atoms with E-state index in [1.54, 1.807) is 17.7 Å². The fourth-order valence-electron chi connectivity index (χ4n) is 2.99. The van der Waals surface area contributed by atoms with Crippen LogP contribution in [0.15, 0.2) is 11.7 Å². The van der Waals surface area contributed by atoms with Crippen molar-refractivity contribution in [2.75, 3.05) is 6.54 Å². The summed E-state index contributed by atoms with van der Waals surface area (Å²) in [4.78, 5) is 17.2. The lowest BCUT2D eigenvalue weighted by atomic mass is 9.92. The van der Waals surface area contributed by atoms with E-state index in [0.717, 1.165) is 17.1 Å². The number of nitrogens with zero attached hydrogens (tertiary/aromatic N) is 3. The van der Waals surface area contributed by atoms with Gasteiger partial charge in [0.05, 0.1) is 5.69 Å². The number of carbonyl (C=O) groups is 1. The Labute approximate surface area is 122 Å². The van der Waals surface area contributed by atoms with Gasteiger partial charge in [-0.15, -0.1) is 11.3 Å². The van der Waals surface area contributed by atoms with Gasteiger partial charge in [-0.1, -0.05) is 19.8 Å². The first-order chi connectivity index (χ1) is 9.75. The number of carbonyl (C=O) groups excluding carboxylic acids is 1. The number of fused-ring (bicyclic) bond motifs is 1. The van der Waals surface area contributed by atoms with Gasteiger partial charge in [-0.25, -0.2) is 9.50 Å². The number of nitrogens with one attached hydrogen (secondary N) is 1. The van der Waals surface area contributed by atoms with E-state index in [9.17, 15) is 4.79 Å². The number of thiazole rings is 1. The SMILES string of the molecule is CC(C(=O)NCCc1csc2ncnn12)C1CCCC1. The van der Waals surface area contributed by atoms with Crippen LogP contribution < -0.4 is 5.32 Å². The quantitative estimate of drug-likeness (QED) is 0.919. The smallest absolute Gasteiger partial charge is 0.223 e. The van der Waals surface area contributed by atoms with Crippen LogP contribution in [0.3, 0.4) is 0 Å². The summed E-state index contributed by atoms with van der Waals surface area (Å²) in [6.45, 7) is 2.73. The summed E-state index contributed by atoms with van der Waals surface area (Å²) in [7, 11) is 0. The fourth-order valence-corrected chi connectivity index (χ4v) is 3.82. The summed E-state index contributed by atoms with van der Waals surface area (Å²) in [5.74, 6) is 0.923. The van der Waals surface area contributed by atoms with Crippen LogP contribution in [0.1, 0.15) is 38.3 Å². The highest BCUT2D eigenvalue weighted by Gasteiger charge is 2.26. The Balaban J connectivity index is 1.49. The Morgan fingerprint density at radius 1 is 1.55 bits per heavy atom. The Morgan fingerprint density at radius 3 is 3.15 bits per heavy atom. The number of hydrogen-bond acceptors (Lipinski definition) is 4. The maximum absolute atomic E-state index is 12.1. The van der Waals surface area contributed by atoms with Crippen molar-refractivity contribution in [1.29, 1.82) is 0 Å². The second-order valence-electron chi connectivity index (χ2n) is 5.56. The normalized spacial score (nSPS) is 17.6. The molecule has 1 saturated carbocycles. The van der Waals surface area contributed by atoms with Gasteiger partial charge in [0.15, 0.2) is 0 Å². The van der Waals surface area contributed by atoms with Gasteiger partial charge in [0.1, 0.15) is 6.33 Å². The van der Waals surface area contributed by atoms with Crippen molar-refractivity contribution in [3.63, 3.8) is 0 Å². The summed E-state index contributed by atoms with van der Waals surface area (Å²) in [6.07, 6.45) is 7.34. The maximum atomic E-state index is 12.1. The molecule has 1 fully saturated rings. The molecule has 0 bridgehead atoms. The van der Waals surface area contributed by atoms with Crippen LogP contribution in [-0.4, -0.2) is 27.0 Å². The Hall–Kier alpha value is -1.43. The van der Waals surface area contributed by atoms with E-state index in [0.29, 0.717) is 12.5 Å². The Morgan fingerprint density at radius 2 is 2.35 bits per heavy atom. The third-order valence-electron chi connectivity index (χ3n) is 4.29. The number of rotatable bonds is 5. The number of amides is 1. The van der Waals surface area contributed by atoms with Crippen LogP contribution in [0.2, 0.25) is 0 Å². The average molecular weight is 292 g/mol. The molecule has 5 nitrogen and oxygen atoms in total. The zero-order chi connectivity index (χ0) is 13.9. The van der Waals surface area contributed by atoms with Crippen LogP contribution in [-0.2, 0) is 11.2 Å². The van der Waals surface area contributed by atoms with E-state index in [1.165, 1.54) is 25.7 Å². The fraction of sp³-hybridized carbons (Fsp3) is 0.643. The topological polar surface area (TPSA) is 59.3 Å². The molecule has 108 valence electrons. The van der Waals surface area contributed by atoms with Crippen molar-refractivity contribution >= 4 is 22.2 Å². The van der Waals surface area contributed by atoms with Gasteiger partial charge in [0.2, 0.25) is 10.9 Å². The first-order valence-electron chi connectivity index (χ1n) is 7.29. The lowest BCUT2D eigenvalue weighted by molar-refractivity contribution is -0.125. The van der Waals surface area contributed by atoms with Crippen molar-refractivity contribution in [2.45, 2.75) is 39.0 Å². The van der Waals surface area contributed by atoms with Gasteiger partial charge in [-0.2, -0.15) is 5.10 Å². The van der Waals surface area contributed by atoms with Crippen molar-refractivity contribution in [1.82, 2.24) is 19.9 Å². The molecule has 2 heterocycles. The van der Waals surface area contributed by atoms with Gasteiger partial charge < -0.3 is 5.32 Å². The first kappa shape index (κ1) is 13.5. The van der Waals surface area contributed by atoms with E-state index >= 15 is 0 Å². The predicted octanol–water partition coefficient (Wildman–Crippen LogP) is 2.28. The van der Waals surface area contributed by atoms with Crippen LogP contribution in [0, 0.1) is 11.8 Å². The second kappa shape index (κ2) is 5.91. The minimum absolute atomic E-state index is 0.145. The van der Waals surface area contributed by atoms with Gasteiger partial charge in [0.25, 0.3) is 0 Å². The van der Waals surface area contributed by atoms with Crippen molar-refractivity contribution in [3.8, 4) is 0 Å². The summed E-state index contributed by atoms with van der Waals surface area (Å²) in [6, 6.07) is 0. The molecule has 2 aromatic rings. The standard InChI is InChI=1S/C14H20N4OS/c1-10(11-4-2-3-5-11)13(19)15-7-6-12-8-20-14-16-9-17-18(12)14/h8-11H,2-7H2,1H3,(H,15,19). The molecule has 1 amide bonds. The molecule has 0 aromatic carbocycles. The van der Waals surface area contributed by atoms with Crippen LogP contribution in [0.5, 0.6) is 0 Å². The third kappa shape index (κ3) is 2.70. The molecule has 1 aliphatic rings. The Bertz CT molecular complexity index is 585. The molecule has 0 saturated heterocycles. The second-order valence-corrected chi connectivity index (χ2v) is 6.39. The minimum atomic E-state index is 0.145. The zero-order valence-corrected chi connectivity index (χ0v) is 12.5. The molecular formula is C14H20N4OS. The molecule has 1 atom stereocenters. The molecule has 1 unspecified atom stereocenters. The molecule has 1 N–H and O–H groups in total. The molecule has 2 aromatic heterocycles. The summed E-state index contributed by atoms with van der Waals surface area (Å²) in [5, 5.41) is 9.29. The van der Waals surface area contributed by atoms with Gasteiger partial charge in [-0.05, 0) is 18.8 Å². The summed E-state index contributed by atoms with van der Waals surface area (Å²) in [5.41, 5.74) is 1.11. The lowest BCUT2D eigenvalue weighted by Gasteiger charge is -2.18. The van der Waals surface area contributed by atoms with Crippen molar-refractivity contribution in [2.24, 2.45) is 11.8 Å². The van der Waals surface area contributed by atoms with Crippen molar-refractivity contribution in [3.05, 3.63) is 17.4 Å². The largest absolute Gasteiger partial charge is 0.355 e. The van der Waals surface area contributed by atoms with E-state index in [4.69, 9.17) is 0 Å². The van der Waals surface area contributed by atoms with Crippen molar-refractivity contribution < 1.29 is 4.79 Å². The maximum Gasteiger partial charge on any atom is 0.223 e. The molecule has 0 radical (unpaired) electrons. The van der Waals surface area contributed by atoms with Gasteiger partial charge in [-0.3, -0.25) is 4.79 Å². The molecule has 20 heavy (non-hydrogen) atoms. The van der Waals surface area contributed by atoms with Gasteiger partial charge >= 0.3 is 0 Å². The van der Waals surface area contributed by atoms with Crippen LogP contribution in [0.4, 0.5) is 0 Å². The molecular weight excluding hydrogens is 272 g/mol. The Kier molecular flexibility index (Phi) is 4.00. The third-order valence-corrected chi connectivity index (χ3v) is 5.17. The highest BCUT2D eigenvalue weighted by atomic mass is 32.1. The zero-order valence-electron chi connectivity index (χ0n) is 11.7. The molecule has 0 spiro atoms. The predicted molar refractivity (Wildman–Crippen MR) is 78.7 cm³/mol. The number of hydrogen-bond donors (Lipinski definition) is 1. The molecule has 3 rings (SSSR count). The summed E-state index contributed by atoms with van der Waals surface area (Å²) < 4.78 is 1.84. The minimum Gasteiger partial charge on any atom is -0.355 e. The van der Waals surface area contributed by atoms with Crippen LogP contribution in [0.25, 0.3) is 4.96 Å². The molecule has 1 aliphatic carbocycles. The van der Waals surface area contributed by atoms with Crippen LogP contribution >= 0.6 is 11.3 Å². The van der Waals surface area contributed by atoms with Gasteiger partial charge in [0, 0.05) is 24.3 Å². The first-order valence-corrected chi connectivity index (χ1v) is 8.17. The van der Waals surface area contributed by atoms with E-state index in [-0.39, 0.29) is 11.8 Å². The average Bonchev–Trinajstić information content (AvgIpc) is 3.16. The van der Waals surface area contributed by atoms with E-state index < -0.39 is 0 Å². The molecule has 0 aliphatic heterocycles. The summed E-state index contributed by atoms with van der Waals surface area (Å²) >= 11 is 1.58. The monoisotopic (exact) mass is 292 g/mol. The van der Waals surface area contributed by atoms with E-state index in [1.807, 2.05) is 4.52 Å². The lowest BCUT2D eigenvalue weighted by Crippen LogP contribution is -2.34. The highest BCUT2D eigenvalue weighted by molar-refractivity contribution is 7.15.